The van der Waals surface area contributed by atoms with Gasteiger partial charge in [-0.2, -0.15) is 0 Å². The van der Waals surface area contributed by atoms with Crippen LogP contribution in [0.5, 0.6) is 0 Å². The van der Waals surface area contributed by atoms with Gasteiger partial charge in [0.25, 0.3) is 5.91 Å². The average molecular weight is 263 g/mol. The molecule has 0 saturated carbocycles. The van der Waals surface area contributed by atoms with Crippen molar-refractivity contribution in [2.75, 3.05) is 13.1 Å². The van der Waals surface area contributed by atoms with Crippen molar-refractivity contribution in [2.45, 2.75) is 32.6 Å². The lowest BCUT2D eigenvalue weighted by Crippen LogP contribution is -2.45. The molecular formula is C14H21N3O2. The van der Waals surface area contributed by atoms with Gasteiger partial charge in [-0.05, 0) is 25.5 Å². The molecule has 1 aromatic rings. The standard InChI is InChI=1S/C14H21N3O2/c1-10-7-17(8-11(2)19-10)9-12-5-3-4-6-13(12)14(18)16-15/h3-6,10-11H,7-9,15H2,1-2H3,(H,16,18). The van der Waals surface area contributed by atoms with Crippen LogP contribution in [0.15, 0.2) is 24.3 Å². The highest BCUT2D eigenvalue weighted by Crippen LogP contribution is 2.16. The van der Waals surface area contributed by atoms with Crippen molar-refractivity contribution < 1.29 is 9.53 Å². The number of rotatable bonds is 3. The van der Waals surface area contributed by atoms with Gasteiger partial charge in [0.1, 0.15) is 0 Å². The van der Waals surface area contributed by atoms with Gasteiger partial charge in [0.15, 0.2) is 0 Å². The third-order valence-electron chi connectivity index (χ3n) is 3.28. The van der Waals surface area contributed by atoms with Crippen molar-refractivity contribution >= 4 is 5.91 Å². The lowest BCUT2D eigenvalue weighted by molar-refractivity contribution is -0.0705. The molecule has 0 radical (unpaired) electrons. The Morgan fingerprint density at radius 3 is 2.63 bits per heavy atom. The summed E-state index contributed by atoms with van der Waals surface area (Å²) in [6.45, 7) is 6.63. The van der Waals surface area contributed by atoms with Gasteiger partial charge >= 0.3 is 0 Å². The first kappa shape index (κ1) is 14.0. The maximum Gasteiger partial charge on any atom is 0.265 e. The second-order valence-corrected chi connectivity index (χ2v) is 5.08. The fourth-order valence-corrected chi connectivity index (χ4v) is 2.61. The van der Waals surface area contributed by atoms with Gasteiger partial charge in [-0.25, -0.2) is 5.84 Å². The van der Waals surface area contributed by atoms with E-state index in [1.807, 2.05) is 18.2 Å². The molecule has 1 heterocycles. The molecule has 1 aliphatic heterocycles. The molecule has 5 nitrogen and oxygen atoms in total. The number of carbonyl (C=O) groups is 1. The Hall–Kier alpha value is -1.43. The summed E-state index contributed by atoms with van der Waals surface area (Å²) >= 11 is 0. The predicted octanol–water partition coefficient (Wildman–Crippen LogP) is 0.899. The molecule has 1 aromatic carbocycles. The minimum absolute atomic E-state index is 0.222. The van der Waals surface area contributed by atoms with Crippen molar-refractivity contribution in [3.05, 3.63) is 35.4 Å². The van der Waals surface area contributed by atoms with E-state index < -0.39 is 0 Å². The summed E-state index contributed by atoms with van der Waals surface area (Å²) in [6.07, 6.45) is 0.443. The number of hydrogen-bond acceptors (Lipinski definition) is 4. The Kier molecular flexibility index (Phi) is 4.52. The molecule has 1 aliphatic rings. The lowest BCUT2D eigenvalue weighted by atomic mass is 10.1. The van der Waals surface area contributed by atoms with Crippen LogP contribution >= 0.6 is 0 Å². The largest absolute Gasteiger partial charge is 0.373 e. The van der Waals surface area contributed by atoms with E-state index in [1.54, 1.807) is 6.07 Å². The van der Waals surface area contributed by atoms with E-state index in [0.29, 0.717) is 5.56 Å². The maximum absolute atomic E-state index is 11.7. The first-order valence-corrected chi connectivity index (χ1v) is 6.56. The number of ether oxygens (including phenoxy) is 1. The topological polar surface area (TPSA) is 67.6 Å². The molecule has 0 spiro atoms. The number of nitrogens with one attached hydrogen (secondary N) is 1. The van der Waals surface area contributed by atoms with Gasteiger partial charge in [-0.1, -0.05) is 18.2 Å². The molecule has 2 unspecified atom stereocenters. The van der Waals surface area contributed by atoms with Crippen molar-refractivity contribution in [2.24, 2.45) is 5.84 Å². The van der Waals surface area contributed by atoms with Crippen molar-refractivity contribution in [1.29, 1.82) is 0 Å². The van der Waals surface area contributed by atoms with Crippen LogP contribution in [0.1, 0.15) is 29.8 Å². The van der Waals surface area contributed by atoms with Gasteiger partial charge < -0.3 is 4.74 Å². The fourth-order valence-electron chi connectivity index (χ4n) is 2.61. The molecule has 1 amide bonds. The molecule has 2 rings (SSSR count). The van der Waals surface area contributed by atoms with Crippen LogP contribution in [0.3, 0.4) is 0 Å². The summed E-state index contributed by atoms with van der Waals surface area (Å²) in [5.74, 6) is 4.97. The molecule has 0 aromatic heterocycles. The van der Waals surface area contributed by atoms with E-state index in [4.69, 9.17) is 10.6 Å². The molecule has 2 atom stereocenters. The number of hydrazine groups is 1. The highest BCUT2D eigenvalue weighted by Gasteiger charge is 2.23. The zero-order valence-electron chi connectivity index (χ0n) is 11.4. The highest BCUT2D eigenvalue weighted by atomic mass is 16.5. The van der Waals surface area contributed by atoms with E-state index in [-0.39, 0.29) is 18.1 Å². The molecule has 104 valence electrons. The number of nitrogens with two attached hydrogens (primary N) is 1. The minimum Gasteiger partial charge on any atom is -0.373 e. The molecule has 1 saturated heterocycles. The molecule has 19 heavy (non-hydrogen) atoms. The second-order valence-electron chi connectivity index (χ2n) is 5.08. The highest BCUT2D eigenvalue weighted by molar-refractivity contribution is 5.95. The maximum atomic E-state index is 11.7. The summed E-state index contributed by atoms with van der Waals surface area (Å²) in [4.78, 5) is 14.0. The number of hydrogen-bond donors (Lipinski definition) is 2. The van der Waals surface area contributed by atoms with Crippen LogP contribution in [0, 0.1) is 0 Å². The zero-order chi connectivity index (χ0) is 13.8. The molecule has 1 fully saturated rings. The normalized spacial score (nSPS) is 24.2. The first-order chi connectivity index (χ1) is 9.10. The smallest absolute Gasteiger partial charge is 0.265 e. The molecular weight excluding hydrogens is 242 g/mol. The molecule has 0 bridgehead atoms. The monoisotopic (exact) mass is 263 g/mol. The average Bonchev–Trinajstić information content (AvgIpc) is 2.37. The SMILES string of the molecule is CC1CN(Cc2ccccc2C(=O)NN)CC(C)O1. The molecule has 5 heteroatoms. The van der Waals surface area contributed by atoms with Gasteiger partial charge in [0, 0.05) is 25.2 Å². The summed E-state index contributed by atoms with van der Waals surface area (Å²) in [6, 6.07) is 7.55. The van der Waals surface area contributed by atoms with Crippen molar-refractivity contribution in [3.8, 4) is 0 Å². The number of nitrogen functional groups attached to an aromatic ring is 1. The number of nitrogens with zero attached hydrogens (tertiary/aromatic N) is 1. The number of morpholine rings is 1. The van der Waals surface area contributed by atoms with Crippen LogP contribution in [0.4, 0.5) is 0 Å². The zero-order valence-corrected chi connectivity index (χ0v) is 11.4. The Labute approximate surface area is 113 Å². The summed E-state index contributed by atoms with van der Waals surface area (Å²) in [7, 11) is 0. The van der Waals surface area contributed by atoms with Crippen LogP contribution in [0.25, 0.3) is 0 Å². The third-order valence-corrected chi connectivity index (χ3v) is 3.28. The van der Waals surface area contributed by atoms with Crippen LogP contribution in [-0.4, -0.2) is 36.1 Å². The number of amides is 1. The van der Waals surface area contributed by atoms with E-state index in [1.165, 1.54) is 0 Å². The molecule has 0 aliphatic carbocycles. The lowest BCUT2D eigenvalue weighted by Gasteiger charge is -2.35. The summed E-state index contributed by atoms with van der Waals surface area (Å²) in [5, 5.41) is 0. The van der Waals surface area contributed by atoms with E-state index >= 15 is 0 Å². The minimum atomic E-state index is -0.245. The van der Waals surface area contributed by atoms with E-state index in [2.05, 4.69) is 24.2 Å². The Bertz CT molecular complexity index is 440. The predicted molar refractivity (Wildman–Crippen MR) is 73.4 cm³/mol. The number of benzene rings is 1. The third kappa shape index (κ3) is 3.53. The molecule has 3 N–H and O–H groups in total. The quantitative estimate of drug-likeness (QED) is 0.483. The van der Waals surface area contributed by atoms with Gasteiger partial charge in [-0.15, -0.1) is 0 Å². The fraction of sp³-hybridized carbons (Fsp3) is 0.500. The van der Waals surface area contributed by atoms with Crippen molar-refractivity contribution in [1.82, 2.24) is 10.3 Å². The van der Waals surface area contributed by atoms with Crippen LogP contribution < -0.4 is 11.3 Å². The Balaban J connectivity index is 2.12. The number of carbonyl (C=O) groups excluding carboxylic acids is 1. The van der Waals surface area contributed by atoms with E-state index in [0.717, 1.165) is 25.2 Å². The van der Waals surface area contributed by atoms with Gasteiger partial charge in [0.2, 0.25) is 0 Å². The van der Waals surface area contributed by atoms with Gasteiger partial charge in [-0.3, -0.25) is 15.1 Å². The van der Waals surface area contributed by atoms with Crippen LogP contribution in [0.2, 0.25) is 0 Å². The van der Waals surface area contributed by atoms with E-state index in [9.17, 15) is 4.79 Å². The Morgan fingerprint density at radius 1 is 1.37 bits per heavy atom. The summed E-state index contributed by atoms with van der Waals surface area (Å²) < 4.78 is 5.71. The van der Waals surface area contributed by atoms with Crippen molar-refractivity contribution in [3.63, 3.8) is 0 Å². The first-order valence-electron chi connectivity index (χ1n) is 6.56. The second kappa shape index (κ2) is 6.14. The van der Waals surface area contributed by atoms with Gasteiger partial charge in [0.05, 0.1) is 12.2 Å². The summed E-state index contributed by atoms with van der Waals surface area (Å²) in [5.41, 5.74) is 3.82. The van der Waals surface area contributed by atoms with Crippen LogP contribution in [-0.2, 0) is 11.3 Å². The Morgan fingerprint density at radius 2 is 2.00 bits per heavy atom.